The van der Waals surface area contributed by atoms with Crippen LogP contribution in [0.2, 0.25) is 5.02 Å². The number of rotatable bonds is 0. The fourth-order valence-corrected chi connectivity index (χ4v) is 2.63. The van der Waals surface area contributed by atoms with Crippen LogP contribution in [0, 0.1) is 13.8 Å². The van der Waals surface area contributed by atoms with E-state index >= 15 is 0 Å². The topological polar surface area (TPSA) is 30.7 Å². The first-order chi connectivity index (χ1) is 8.09. The molecule has 0 N–H and O–H groups in total. The Kier molecular flexibility index (Phi) is 2.13. The SMILES string of the molecule is Cc1cccc2c(Cl)c3c(C)nn(C)c3nc12. The van der Waals surface area contributed by atoms with Gasteiger partial charge in [0.2, 0.25) is 0 Å². The highest BCUT2D eigenvalue weighted by atomic mass is 35.5. The van der Waals surface area contributed by atoms with E-state index in [0.717, 1.165) is 38.2 Å². The Morgan fingerprint density at radius 1 is 1.24 bits per heavy atom. The Balaban J connectivity index is 2.64. The van der Waals surface area contributed by atoms with Gasteiger partial charge in [0.1, 0.15) is 0 Å². The van der Waals surface area contributed by atoms with E-state index in [-0.39, 0.29) is 0 Å². The largest absolute Gasteiger partial charge is 0.250 e. The zero-order valence-electron chi connectivity index (χ0n) is 9.95. The predicted molar refractivity (Wildman–Crippen MR) is 70.5 cm³/mol. The third-order valence-electron chi connectivity index (χ3n) is 3.10. The Bertz CT molecular complexity index is 743. The maximum atomic E-state index is 6.47. The molecule has 0 amide bonds. The van der Waals surface area contributed by atoms with Gasteiger partial charge in [0.15, 0.2) is 5.65 Å². The second kappa shape index (κ2) is 3.44. The van der Waals surface area contributed by atoms with Crippen LogP contribution in [-0.4, -0.2) is 14.8 Å². The van der Waals surface area contributed by atoms with Crippen LogP contribution in [0.5, 0.6) is 0 Å². The molecule has 0 aliphatic heterocycles. The van der Waals surface area contributed by atoms with Gasteiger partial charge in [-0.05, 0) is 19.4 Å². The van der Waals surface area contributed by atoms with E-state index in [2.05, 4.69) is 10.1 Å². The van der Waals surface area contributed by atoms with Crippen molar-refractivity contribution < 1.29 is 0 Å². The van der Waals surface area contributed by atoms with Crippen molar-refractivity contribution in [2.24, 2.45) is 7.05 Å². The molecular formula is C13H12ClN3. The van der Waals surface area contributed by atoms with E-state index < -0.39 is 0 Å². The van der Waals surface area contributed by atoms with Crippen molar-refractivity contribution in [3.05, 3.63) is 34.5 Å². The molecule has 0 unspecified atom stereocenters. The number of halogens is 1. The Hall–Kier alpha value is -1.61. The third kappa shape index (κ3) is 1.35. The fraction of sp³-hybridized carbons (Fsp3) is 0.231. The van der Waals surface area contributed by atoms with Gasteiger partial charge in [0.25, 0.3) is 0 Å². The van der Waals surface area contributed by atoms with Crippen LogP contribution in [0.15, 0.2) is 18.2 Å². The number of nitrogens with zero attached hydrogens (tertiary/aromatic N) is 3. The van der Waals surface area contributed by atoms with Gasteiger partial charge in [0.05, 0.1) is 21.6 Å². The molecule has 1 aromatic carbocycles. The molecule has 2 aromatic heterocycles. The highest BCUT2D eigenvalue weighted by molar-refractivity contribution is 6.40. The minimum absolute atomic E-state index is 0.749. The molecule has 0 fully saturated rings. The average molecular weight is 246 g/mol. The normalized spacial score (nSPS) is 11.5. The first kappa shape index (κ1) is 10.5. The Morgan fingerprint density at radius 3 is 2.76 bits per heavy atom. The average Bonchev–Trinajstić information content (AvgIpc) is 2.57. The van der Waals surface area contributed by atoms with E-state index in [1.807, 2.05) is 39.1 Å². The molecule has 3 rings (SSSR count). The molecule has 0 atom stereocenters. The van der Waals surface area contributed by atoms with Gasteiger partial charge in [-0.2, -0.15) is 5.10 Å². The van der Waals surface area contributed by atoms with Crippen LogP contribution in [0.1, 0.15) is 11.3 Å². The summed E-state index contributed by atoms with van der Waals surface area (Å²) in [6.45, 7) is 4.00. The Morgan fingerprint density at radius 2 is 2.00 bits per heavy atom. The molecule has 0 saturated carbocycles. The highest BCUT2D eigenvalue weighted by Crippen LogP contribution is 2.32. The summed E-state index contributed by atoms with van der Waals surface area (Å²) in [5.41, 5.74) is 3.84. The predicted octanol–water partition coefficient (Wildman–Crippen LogP) is 3.39. The van der Waals surface area contributed by atoms with Crippen molar-refractivity contribution in [3.63, 3.8) is 0 Å². The van der Waals surface area contributed by atoms with E-state index in [0.29, 0.717) is 0 Å². The summed E-state index contributed by atoms with van der Waals surface area (Å²) in [6, 6.07) is 6.05. The minimum atomic E-state index is 0.749. The lowest BCUT2D eigenvalue weighted by atomic mass is 10.1. The summed E-state index contributed by atoms with van der Waals surface area (Å²) in [4.78, 5) is 4.67. The molecular weight excluding hydrogens is 234 g/mol. The lowest BCUT2D eigenvalue weighted by Gasteiger charge is -2.05. The molecule has 0 radical (unpaired) electrons. The van der Waals surface area contributed by atoms with Crippen molar-refractivity contribution in [3.8, 4) is 0 Å². The summed E-state index contributed by atoms with van der Waals surface area (Å²) >= 11 is 6.47. The van der Waals surface area contributed by atoms with Crippen LogP contribution in [0.25, 0.3) is 21.9 Å². The molecule has 0 aliphatic carbocycles. The number of aryl methyl sites for hydroxylation is 3. The number of benzene rings is 1. The molecule has 0 aliphatic rings. The standard InChI is InChI=1S/C13H12ClN3/c1-7-5-4-6-9-11(14)10-8(2)16-17(3)13(10)15-12(7)9/h4-6H,1-3H3. The van der Waals surface area contributed by atoms with Gasteiger partial charge < -0.3 is 0 Å². The minimum Gasteiger partial charge on any atom is -0.250 e. The van der Waals surface area contributed by atoms with E-state index in [9.17, 15) is 0 Å². The monoisotopic (exact) mass is 245 g/mol. The molecule has 0 saturated heterocycles. The van der Waals surface area contributed by atoms with E-state index in [4.69, 9.17) is 11.6 Å². The molecule has 0 spiro atoms. The molecule has 4 heteroatoms. The zero-order chi connectivity index (χ0) is 12.2. The number of hydrogen-bond donors (Lipinski definition) is 0. The second-order valence-electron chi connectivity index (χ2n) is 4.30. The number of aromatic nitrogens is 3. The van der Waals surface area contributed by atoms with Crippen LogP contribution in [0.3, 0.4) is 0 Å². The van der Waals surface area contributed by atoms with Crippen molar-refractivity contribution in [1.82, 2.24) is 14.8 Å². The van der Waals surface area contributed by atoms with Crippen molar-refractivity contribution in [1.29, 1.82) is 0 Å². The first-order valence-corrected chi connectivity index (χ1v) is 5.85. The summed E-state index contributed by atoms with van der Waals surface area (Å²) in [5.74, 6) is 0. The molecule has 86 valence electrons. The molecule has 2 heterocycles. The van der Waals surface area contributed by atoms with Gasteiger partial charge in [-0.25, -0.2) is 4.98 Å². The van der Waals surface area contributed by atoms with Gasteiger partial charge in [-0.15, -0.1) is 0 Å². The molecule has 3 aromatic rings. The van der Waals surface area contributed by atoms with Crippen LogP contribution < -0.4 is 0 Å². The lowest BCUT2D eigenvalue weighted by Crippen LogP contribution is -1.93. The highest BCUT2D eigenvalue weighted by Gasteiger charge is 2.14. The third-order valence-corrected chi connectivity index (χ3v) is 3.50. The zero-order valence-corrected chi connectivity index (χ0v) is 10.7. The van der Waals surface area contributed by atoms with Gasteiger partial charge in [0, 0.05) is 12.4 Å². The fourth-order valence-electron chi connectivity index (χ4n) is 2.26. The van der Waals surface area contributed by atoms with E-state index in [1.165, 1.54) is 0 Å². The molecule has 17 heavy (non-hydrogen) atoms. The molecule has 3 nitrogen and oxygen atoms in total. The van der Waals surface area contributed by atoms with Crippen LogP contribution in [-0.2, 0) is 7.05 Å². The number of para-hydroxylation sites is 1. The number of fused-ring (bicyclic) bond motifs is 2. The van der Waals surface area contributed by atoms with Gasteiger partial charge >= 0.3 is 0 Å². The number of pyridine rings is 1. The van der Waals surface area contributed by atoms with E-state index in [1.54, 1.807) is 4.68 Å². The van der Waals surface area contributed by atoms with Gasteiger partial charge in [-0.1, -0.05) is 29.8 Å². The smallest absolute Gasteiger partial charge is 0.159 e. The van der Waals surface area contributed by atoms with Crippen molar-refractivity contribution in [2.45, 2.75) is 13.8 Å². The maximum Gasteiger partial charge on any atom is 0.159 e. The quantitative estimate of drug-likeness (QED) is 0.608. The Labute approximate surface area is 104 Å². The summed E-state index contributed by atoms with van der Waals surface area (Å²) in [7, 11) is 1.89. The first-order valence-electron chi connectivity index (χ1n) is 5.47. The summed E-state index contributed by atoms with van der Waals surface area (Å²) in [6.07, 6.45) is 0. The molecule has 0 bridgehead atoms. The summed E-state index contributed by atoms with van der Waals surface area (Å²) in [5, 5.41) is 7.07. The van der Waals surface area contributed by atoms with Crippen molar-refractivity contribution in [2.75, 3.05) is 0 Å². The maximum absolute atomic E-state index is 6.47. The summed E-state index contributed by atoms with van der Waals surface area (Å²) < 4.78 is 1.78. The van der Waals surface area contributed by atoms with Crippen LogP contribution in [0.4, 0.5) is 0 Å². The van der Waals surface area contributed by atoms with Gasteiger partial charge in [-0.3, -0.25) is 4.68 Å². The van der Waals surface area contributed by atoms with Crippen LogP contribution >= 0.6 is 11.6 Å². The lowest BCUT2D eigenvalue weighted by molar-refractivity contribution is 0.775. The number of hydrogen-bond acceptors (Lipinski definition) is 2. The van der Waals surface area contributed by atoms with Crippen molar-refractivity contribution >= 4 is 33.5 Å². The second-order valence-corrected chi connectivity index (χ2v) is 4.68.